The van der Waals surface area contributed by atoms with Gasteiger partial charge in [-0.05, 0) is 23.6 Å². The molecule has 2 N–H and O–H groups in total. The predicted molar refractivity (Wildman–Crippen MR) is 102 cm³/mol. The maximum Gasteiger partial charge on any atom is 0.335 e. The first-order chi connectivity index (χ1) is 13.8. The zero-order valence-corrected chi connectivity index (χ0v) is 15.5. The van der Waals surface area contributed by atoms with Gasteiger partial charge in [0.05, 0.1) is 10.5 Å². The average Bonchev–Trinajstić information content (AvgIpc) is 3.14. The van der Waals surface area contributed by atoms with Crippen LogP contribution in [0.3, 0.4) is 0 Å². The molecule has 0 saturated heterocycles. The Kier molecular flexibility index (Phi) is 5.87. The number of nitro groups is 1. The monoisotopic (exact) mass is 397 g/mol. The van der Waals surface area contributed by atoms with Crippen LogP contribution < -0.4 is 5.32 Å². The summed E-state index contributed by atoms with van der Waals surface area (Å²) in [7, 11) is 0. The molecule has 2 aromatic rings. The number of aromatic carboxylic acids is 1. The van der Waals surface area contributed by atoms with Gasteiger partial charge in [0.15, 0.2) is 0 Å². The third kappa shape index (κ3) is 4.75. The summed E-state index contributed by atoms with van der Waals surface area (Å²) in [6.45, 7) is 1.34. The van der Waals surface area contributed by atoms with Crippen molar-refractivity contribution in [2.45, 2.75) is 25.9 Å². The van der Waals surface area contributed by atoms with Crippen LogP contribution in [-0.4, -0.2) is 39.3 Å². The van der Waals surface area contributed by atoms with Crippen molar-refractivity contribution < 1.29 is 24.4 Å². The number of carboxylic acid groups (broad SMARTS) is 1. The van der Waals surface area contributed by atoms with Crippen LogP contribution in [0, 0.1) is 10.1 Å². The van der Waals surface area contributed by atoms with E-state index in [0.717, 1.165) is 29.3 Å². The van der Waals surface area contributed by atoms with Crippen LogP contribution in [0.15, 0.2) is 42.5 Å². The highest BCUT2D eigenvalue weighted by molar-refractivity contribution is 5.98. The fourth-order valence-corrected chi connectivity index (χ4v) is 3.18. The molecule has 2 amide bonds. The fourth-order valence-electron chi connectivity index (χ4n) is 3.18. The first-order valence-electron chi connectivity index (χ1n) is 9.00. The summed E-state index contributed by atoms with van der Waals surface area (Å²) in [6.07, 6.45) is 0.654. The van der Waals surface area contributed by atoms with Crippen molar-refractivity contribution >= 4 is 23.5 Å². The van der Waals surface area contributed by atoms with Gasteiger partial charge in [0.25, 0.3) is 11.6 Å². The highest BCUT2D eigenvalue weighted by Gasteiger charge is 2.22. The molecule has 2 aromatic carbocycles. The number of hydrogen-bond acceptors (Lipinski definition) is 5. The molecule has 0 bridgehead atoms. The quantitative estimate of drug-likeness (QED) is 0.419. The number of carboxylic acids is 1. The number of nitrogens with zero attached hydrogens (tertiary/aromatic N) is 2. The third-order valence-corrected chi connectivity index (χ3v) is 4.68. The Bertz CT molecular complexity index is 931. The molecule has 9 nitrogen and oxygen atoms in total. The summed E-state index contributed by atoms with van der Waals surface area (Å²) in [5.74, 6) is -2.00. The lowest BCUT2D eigenvalue weighted by Gasteiger charge is -2.15. The summed E-state index contributed by atoms with van der Waals surface area (Å²) in [5.41, 5.74) is 1.34. The molecule has 9 heteroatoms. The van der Waals surface area contributed by atoms with Crippen molar-refractivity contribution in [1.29, 1.82) is 0 Å². The summed E-state index contributed by atoms with van der Waals surface area (Å²) in [4.78, 5) is 47.6. The minimum absolute atomic E-state index is 0.0149. The summed E-state index contributed by atoms with van der Waals surface area (Å²) < 4.78 is 0. The molecule has 0 atom stereocenters. The number of hydrogen-bond donors (Lipinski definition) is 2. The number of carbonyl (C=O) groups excluding carboxylic acids is 2. The Morgan fingerprint density at radius 3 is 2.28 bits per heavy atom. The Balaban J connectivity index is 1.51. The van der Waals surface area contributed by atoms with E-state index in [2.05, 4.69) is 5.32 Å². The number of fused-ring (bicyclic) bond motifs is 1. The zero-order valence-electron chi connectivity index (χ0n) is 15.5. The molecule has 3 rings (SSSR count). The van der Waals surface area contributed by atoms with Gasteiger partial charge in [-0.3, -0.25) is 19.7 Å². The highest BCUT2D eigenvalue weighted by Crippen LogP contribution is 2.23. The molecule has 0 spiro atoms. The van der Waals surface area contributed by atoms with Gasteiger partial charge in [-0.15, -0.1) is 0 Å². The molecule has 1 aliphatic rings. The van der Waals surface area contributed by atoms with Crippen molar-refractivity contribution in [2.24, 2.45) is 0 Å². The fraction of sp³-hybridized carbons (Fsp3) is 0.250. The number of rotatable bonds is 7. The van der Waals surface area contributed by atoms with Crippen LogP contribution in [0.2, 0.25) is 0 Å². The van der Waals surface area contributed by atoms with E-state index in [-0.39, 0.29) is 30.0 Å². The lowest BCUT2D eigenvalue weighted by Crippen LogP contribution is -2.28. The Morgan fingerprint density at radius 1 is 1.07 bits per heavy atom. The van der Waals surface area contributed by atoms with E-state index >= 15 is 0 Å². The largest absolute Gasteiger partial charge is 0.478 e. The van der Waals surface area contributed by atoms with Crippen molar-refractivity contribution in [1.82, 2.24) is 10.2 Å². The minimum atomic E-state index is -1.36. The summed E-state index contributed by atoms with van der Waals surface area (Å²) in [6, 6.07) is 10.9. The second-order valence-corrected chi connectivity index (χ2v) is 6.71. The molecule has 0 aliphatic carbocycles. The molecule has 150 valence electrons. The Labute approximate surface area is 166 Å². The molecule has 0 unspecified atom stereocenters. The van der Waals surface area contributed by atoms with E-state index in [1.165, 1.54) is 0 Å². The topological polar surface area (TPSA) is 130 Å². The average molecular weight is 397 g/mol. The van der Waals surface area contributed by atoms with Gasteiger partial charge in [-0.1, -0.05) is 24.3 Å². The molecule has 29 heavy (non-hydrogen) atoms. The molecular formula is C20H19N3O6. The van der Waals surface area contributed by atoms with Crippen LogP contribution >= 0.6 is 0 Å². The summed E-state index contributed by atoms with van der Waals surface area (Å²) >= 11 is 0. The predicted octanol–water partition coefficient (Wildman–Crippen LogP) is 2.35. The minimum Gasteiger partial charge on any atom is -0.478 e. The molecular weight excluding hydrogens is 378 g/mol. The summed E-state index contributed by atoms with van der Waals surface area (Å²) in [5, 5.41) is 22.5. The van der Waals surface area contributed by atoms with E-state index in [1.807, 2.05) is 24.3 Å². The maximum absolute atomic E-state index is 12.3. The van der Waals surface area contributed by atoms with Gasteiger partial charge in [-0.2, -0.15) is 0 Å². The normalized spacial score (nSPS) is 12.3. The highest BCUT2D eigenvalue weighted by atomic mass is 16.6. The van der Waals surface area contributed by atoms with Crippen molar-refractivity contribution in [3.8, 4) is 0 Å². The van der Waals surface area contributed by atoms with Crippen LogP contribution in [0.4, 0.5) is 5.69 Å². The van der Waals surface area contributed by atoms with Gasteiger partial charge in [-0.25, -0.2) is 4.79 Å². The van der Waals surface area contributed by atoms with Gasteiger partial charge in [0.2, 0.25) is 5.91 Å². The van der Waals surface area contributed by atoms with Crippen molar-refractivity contribution in [3.05, 3.63) is 74.8 Å². The zero-order chi connectivity index (χ0) is 21.0. The first-order valence-corrected chi connectivity index (χ1v) is 9.00. The smallest absolute Gasteiger partial charge is 0.335 e. The number of nitrogens with one attached hydrogen (secondary N) is 1. The van der Waals surface area contributed by atoms with Gasteiger partial charge >= 0.3 is 5.97 Å². The van der Waals surface area contributed by atoms with Crippen LogP contribution in [-0.2, 0) is 17.9 Å². The number of amides is 2. The second kappa shape index (κ2) is 8.51. The molecule has 1 aliphatic heterocycles. The van der Waals surface area contributed by atoms with E-state index in [4.69, 9.17) is 5.11 Å². The Morgan fingerprint density at radius 2 is 1.69 bits per heavy atom. The van der Waals surface area contributed by atoms with Crippen LogP contribution in [0.25, 0.3) is 0 Å². The third-order valence-electron chi connectivity index (χ3n) is 4.68. The number of carbonyl (C=O) groups is 3. The SMILES string of the molecule is O=C(O)c1cc(C(=O)NCCCC(=O)N2Cc3ccccc3C2)cc([N+](=O)[O-])c1. The Hall–Kier alpha value is -3.75. The van der Waals surface area contributed by atoms with Gasteiger partial charge in [0, 0.05) is 43.8 Å². The lowest BCUT2D eigenvalue weighted by atomic mass is 10.1. The molecule has 0 saturated carbocycles. The maximum atomic E-state index is 12.3. The van der Waals surface area contributed by atoms with Crippen LogP contribution in [0.5, 0.6) is 0 Å². The molecule has 0 aromatic heterocycles. The van der Waals surface area contributed by atoms with Gasteiger partial charge in [0.1, 0.15) is 0 Å². The van der Waals surface area contributed by atoms with E-state index in [1.54, 1.807) is 4.90 Å². The van der Waals surface area contributed by atoms with E-state index in [9.17, 15) is 24.5 Å². The molecule has 1 heterocycles. The number of benzene rings is 2. The van der Waals surface area contributed by atoms with E-state index < -0.39 is 22.5 Å². The van der Waals surface area contributed by atoms with E-state index in [0.29, 0.717) is 19.5 Å². The number of nitro benzene ring substituents is 1. The standard InChI is InChI=1S/C20H19N3O6/c24-18(22-11-13-4-1-2-5-14(13)12-22)6-3-7-21-19(25)15-8-16(20(26)27)10-17(9-15)23(28)29/h1-2,4-5,8-10H,3,6-7,11-12H2,(H,21,25)(H,26,27). The lowest BCUT2D eigenvalue weighted by molar-refractivity contribution is -0.384. The van der Waals surface area contributed by atoms with Crippen LogP contribution in [0.1, 0.15) is 44.7 Å². The van der Waals surface area contributed by atoms with Crippen molar-refractivity contribution in [3.63, 3.8) is 0 Å². The molecule has 0 fully saturated rings. The first kappa shape index (κ1) is 20.0. The van der Waals surface area contributed by atoms with Gasteiger partial charge < -0.3 is 15.3 Å². The number of non-ortho nitro benzene ring substituents is 1. The second-order valence-electron chi connectivity index (χ2n) is 6.71. The van der Waals surface area contributed by atoms with Crippen molar-refractivity contribution in [2.75, 3.05) is 6.54 Å². The molecule has 0 radical (unpaired) electrons.